The van der Waals surface area contributed by atoms with E-state index in [0.29, 0.717) is 6.42 Å². The van der Waals surface area contributed by atoms with Gasteiger partial charge in [-0.15, -0.1) is 0 Å². The zero-order valence-electron chi connectivity index (χ0n) is 11.5. The van der Waals surface area contributed by atoms with Crippen molar-refractivity contribution in [2.45, 2.75) is 24.9 Å². The Morgan fingerprint density at radius 3 is 2.55 bits per heavy atom. The lowest BCUT2D eigenvalue weighted by Crippen LogP contribution is -2.52. The number of piperazine rings is 1. The molecule has 0 spiro atoms. The lowest BCUT2D eigenvalue weighted by Gasteiger charge is -2.33. The zero-order chi connectivity index (χ0) is 14.3. The monoisotopic (exact) mass is 274 g/mol. The molecule has 1 N–H and O–H groups in total. The summed E-state index contributed by atoms with van der Waals surface area (Å²) in [6.45, 7) is 0.183. The molecule has 0 bridgehead atoms. The molecule has 1 aromatic carbocycles. The molecule has 1 aromatic rings. The first kappa shape index (κ1) is 13.1. The smallest absolute Gasteiger partial charge is 0.247 e. The van der Waals surface area contributed by atoms with E-state index in [1.807, 2.05) is 24.3 Å². The minimum Gasteiger partial charge on any atom is -0.390 e. The second-order valence-corrected chi connectivity index (χ2v) is 5.76. The molecule has 2 amide bonds. The van der Waals surface area contributed by atoms with Crippen LogP contribution in [0.3, 0.4) is 0 Å². The fourth-order valence-electron chi connectivity index (χ4n) is 2.54. The van der Waals surface area contributed by atoms with Crippen molar-refractivity contribution >= 4 is 17.5 Å². The number of hydrogen-bond acceptors (Lipinski definition) is 3. The molecule has 1 aliphatic heterocycles. The van der Waals surface area contributed by atoms with Crippen molar-refractivity contribution in [3.63, 3.8) is 0 Å². The molecule has 1 saturated heterocycles. The van der Waals surface area contributed by atoms with Crippen molar-refractivity contribution in [2.75, 3.05) is 25.0 Å². The van der Waals surface area contributed by atoms with Gasteiger partial charge in [0.25, 0.3) is 0 Å². The Balaban J connectivity index is 1.89. The Bertz CT molecular complexity index is 566. The molecule has 0 aromatic heterocycles. The summed E-state index contributed by atoms with van der Waals surface area (Å²) in [5.74, 6) is -0.146. The fraction of sp³-hybridized carbons (Fsp3) is 0.467. The van der Waals surface area contributed by atoms with E-state index in [9.17, 15) is 14.7 Å². The van der Waals surface area contributed by atoms with Crippen LogP contribution in [-0.4, -0.2) is 47.6 Å². The third-order valence-corrected chi connectivity index (χ3v) is 4.02. The predicted octanol–water partition coefficient (Wildman–Crippen LogP) is 0.559. The number of para-hydroxylation sites is 1. The number of carbonyl (C=O) groups excluding carboxylic acids is 2. The molecule has 3 rings (SSSR count). The number of amides is 2. The van der Waals surface area contributed by atoms with E-state index in [4.69, 9.17) is 0 Å². The molecule has 0 radical (unpaired) electrons. The minimum atomic E-state index is -0.615. The molecule has 2 aliphatic rings. The Morgan fingerprint density at radius 1 is 1.15 bits per heavy atom. The summed E-state index contributed by atoms with van der Waals surface area (Å²) in [4.78, 5) is 26.9. The lowest BCUT2D eigenvalue weighted by atomic mass is 10.0. The summed E-state index contributed by atoms with van der Waals surface area (Å²) in [6.07, 6.45) is 2.14. The molecule has 0 atom stereocenters. The molecule has 106 valence electrons. The van der Waals surface area contributed by atoms with Crippen LogP contribution < -0.4 is 4.90 Å². The van der Waals surface area contributed by atoms with E-state index in [1.54, 1.807) is 7.05 Å². The summed E-state index contributed by atoms with van der Waals surface area (Å²) < 4.78 is 0. The maximum atomic E-state index is 12.2. The van der Waals surface area contributed by atoms with Crippen molar-refractivity contribution in [3.05, 3.63) is 29.8 Å². The van der Waals surface area contributed by atoms with Gasteiger partial charge in [0.15, 0.2) is 0 Å². The number of aliphatic hydroxyl groups is 1. The van der Waals surface area contributed by atoms with Crippen LogP contribution in [0, 0.1) is 0 Å². The predicted molar refractivity (Wildman–Crippen MR) is 74.3 cm³/mol. The van der Waals surface area contributed by atoms with E-state index in [2.05, 4.69) is 0 Å². The van der Waals surface area contributed by atoms with E-state index in [1.165, 1.54) is 9.80 Å². The van der Waals surface area contributed by atoms with Crippen LogP contribution in [-0.2, 0) is 16.0 Å². The molecular weight excluding hydrogens is 256 g/mol. The van der Waals surface area contributed by atoms with Crippen LogP contribution >= 0.6 is 0 Å². The second kappa shape index (κ2) is 4.59. The molecule has 2 fully saturated rings. The molecule has 1 heterocycles. The van der Waals surface area contributed by atoms with Gasteiger partial charge in [-0.05, 0) is 24.5 Å². The average molecular weight is 274 g/mol. The van der Waals surface area contributed by atoms with Gasteiger partial charge in [-0.25, -0.2) is 0 Å². The highest BCUT2D eigenvalue weighted by Gasteiger charge is 2.41. The van der Waals surface area contributed by atoms with Gasteiger partial charge in [-0.3, -0.25) is 9.59 Å². The highest BCUT2D eigenvalue weighted by molar-refractivity contribution is 6.04. The number of nitrogens with zero attached hydrogens (tertiary/aromatic N) is 2. The van der Waals surface area contributed by atoms with Gasteiger partial charge in [-0.1, -0.05) is 18.2 Å². The van der Waals surface area contributed by atoms with Crippen LogP contribution in [0.5, 0.6) is 0 Å². The Labute approximate surface area is 117 Å². The summed E-state index contributed by atoms with van der Waals surface area (Å²) in [7, 11) is 1.64. The molecule has 1 saturated carbocycles. The maximum absolute atomic E-state index is 12.2. The Hall–Kier alpha value is -1.88. The van der Waals surface area contributed by atoms with Gasteiger partial charge in [0, 0.05) is 19.2 Å². The summed E-state index contributed by atoms with van der Waals surface area (Å²) >= 11 is 0. The molecule has 1 aliphatic carbocycles. The topological polar surface area (TPSA) is 60.9 Å². The fourth-order valence-corrected chi connectivity index (χ4v) is 2.54. The first-order chi connectivity index (χ1) is 9.48. The highest BCUT2D eigenvalue weighted by atomic mass is 16.3. The standard InChI is InChI=1S/C15H18N2O3/c1-16-9-14(19)17(10-13(16)18)12-5-3-2-4-11(12)8-15(20)6-7-15/h2-5,20H,6-10H2,1H3. The SMILES string of the molecule is CN1CC(=O)N(c2ccccc2CC2(O)CC2)CC1=O. The van der Waals surface area contributed by atoms with Crippen molar-refractivity contribution in [2.24, 2.45) is 0 Å². The largest absolute Gasteiger partial charge is 0.390 e. The highest BCUT2D eigenvalue weighted by Crippen LogP contribution is 2.40. The van der Waals surface area contributed by atoms with E-state index in [0.717, 1.165) is 24.1 Å². The number of anilines is 1. The zero-order valence-corrected chi connectivity index (χ0v) is 11.5. The number of carbonyl (C=O) groups is 2. The van der Waals surface area contributed by atoms with E-state index >= 15 is 0 Å². The van der Waals surface area contributed by atoms with Crippen LogP contribution in [0.15, 0.2) is 24.3 Å². The van der Waals surface area contributed by atoms with Crippen LogP contribution in [0.2, 0.25) is 0 Å². The summed E-state index contributed by atoms with van der Waals surface area (Å²) in [5.41, 5.74) is 1.06. The normalized spacial score (nSPS) is 21.3. The van der Waals surface area contributed by atoms with Gasteiger partial charge in [0.05, 0.1) is 12.1 Å². The molecule has 5 heteroatoms. The van der Waals surface area contributed by atoms with Crippen molar-refractivity contribution < 1.29 is 14.7 Å². The van der Waals surface area contributed by atoms with E-state index < -0.39 is 5.60 Å². The van der Waals surface area contributed by atoms with Crippen LogP contribution in [0.1, 0.15) is 18.4 Å². The van der Waals surface area contributed by atoms with E-state index in [-0.39, 0.29) is 24.9 Å². The first-order valence-corrected chi connectivity index (χ1v) is 6.83. The van der Waals surface area contributed by atoms with Gasteiger partial charge in [0.2, 0.25) is 11.8 Å². The quantitative estimate of drug-likeness (QED) is 0.876. The van der Waals surface area contributed by atoms with Gasteiger partial charge in [-0.2, -0.15) is 0 Å². The summed E-state index contributed by atoms with van der Waals surface area (Å²) in [5, 5.41) is 10.1. The lowest BCUT2D eigenvalue weighted by molar-refractivity contribution is -0.136. The Kier molecular flexibility index (Phi) is 3.01. The third kappa shape index (κ3) is 2.41. The molecule has 5 nitrogen and oxygen atoms in total. The Morgan fingerprint density at radius 2 is 1.85 bits per heavy atom. The third-order valence-electron chi connectivity index (χ3n) is 4.02. The second-order valence-electron chi connectivity index (χ2n) is 5.76. The first-order valence-electron chi connectivity index (χ1n) is 6.83. The number of benzene rings is 1. The molecule has 0 unspecified atom stereocenters. The van der Waals surface area contributed by atoms with Crippen molar-refractivity contribution in [3.8, 4) is 0 Å². The average Bonchev–Trinajstić information content (AvgIpc) is 3.12. The van der Waals surface area contributed by atoms with Gasteiger partial charge in [0.1, 0.15) is 6.54 Å². The van der Waals surface area contributed by atoms with Crippen LogP contribution in [0.4, 0.5) is 5.69 Å². The van der Waals surface area contributed by atoms with Gasteiger partial charge >= 0.3 is 0 Å². The number of likely N-dealkylation sites (N-methyl/N-ethyl adjacent to an activating group) is 1. The van der Waals surface area contributed by atoms with Gasteiger partial charge < -0.3 is 14.9 Å². The molecule has 20 heavy (non-hydrogen) atoms. The molecular formula is C15H18N2O3. The van der Waals surface area contributed by atoms with Crippen molar-refractivity contribution in [1.82, 2.24) is 4.90 Å². The maximum Gasteiger partial charge on any atom is 0.247 e. The number of hydrogen-bond donors (Lipinski definition) is 1. The minimum absolute atomic E-state index is 0.0652. The number of rotatable bonds is 3. The summed E-state index contributed by atoms with van der Waals surface area (Å²) in [6, 6.07) is 7.51. The van der Waals surface area contributed by atoms with Crippen molar-refractivity contribution in [1.29, 1.82) is 0 Å². The van der Waals surface area contributed by atoms with Crippen LogP contribution in [0.25, 0.3) is 0 Å².